The third kappa shape index (κ3) is 3.24. The molecule has 0 atom stereocenters. The molecule has 0 radical (unpaired) electrons. The summed E-state index contributed by atoms with van der Waals surface area (Å²) >= 11 is 1.36. The van der Waals surface area contributed by atoms with E-state index < -0.39 is 0 Å². The van der Waals surface area contributed by atoms with E-state index in [1.807, 2.05) is 35.2 Å². The average Bonchev–Trinajstić information content (AvgIpc) is 3.27. The zero-order valence-corrected chi connectivity index (χ0v) is 14.8. The van der Waals surface area contributed by atoms with Crippen molar-refractivity contribution < 1.29 is 4.79 Å². The van der Waals surface area contributed by atoms with Gasteiger partial charge < -0.3 is 15.1 Å². The molecule has 0 spiro atoms. The summed E-state index contributed by atoms with van der Waals surface area (Å²) < 4.78 is 0. The smallest absolute Gasteiger partial charge is 0.265 e. The standard InChI is InChI=1S/C19H18N4OS/c1-22-13-21-15-12-23(10-9-16(15)22)19(24)17-11-20-18(25-17)8-7-14-5-3-2-4-6-14/h2-6,11,21H,9-10,12-13H2,1H3. The Hall–Kier alpha value is -2.78. The number of aromatic nitrogens is 1. The lowest BCUT2D eigenvalue weighted by atomic mass is 10.1. The van der Waals surface area contributed by atoms with Crippen LogP contribution < -0.4 is 5.32 Å². The lowest BCUT2D eigenvalue weighted by molar-refractivity contribution is 0.0764. The second kappa shape index (κ2) is 6.61. The summed E-state index contributed by atoms with van der Waals surface area (Å²) in [5, 5.41) is 4.03. The minimum Gasteiger partial charge on any atom is -0.368 e. The minimum atomic E-state index is 0.0353. The van der Waals surface area contributed by atoms with Gasteiger partial charge in [0.25, 0.3) is 5.91 Å². The molecule has 0 bridgehead atoms. The molecular weight excluding hydrogens is 332 g/mol. The van der Waals surface area contributed by atoms with Crippen LogP contribution in [-0.4, -0.2) is 47.5 Å². The van der Waals surface area contributed by atoms with Gasteiger partial charge in [-0.25, -0.2) is 4.98 Å². The fourth-order valence-corrected chi connectivity index (χ4v) is 3.79. The predicted octanol–water partition coefficient (Wildman–Crippen LogP) is 2.09. The first-order chi connectivity index (χ1) is 12.2. The summed E-state index contributed by atoms with van der Waals surface area (Å²) in [7, 11) is 2.08. The van der Waals surface area contributed by atoms with Gasteiger partial charge in [-0.2, -0.15) is 0 Å². The molecule has 1 aromatic heterocycles. The van der Waals surface area contributed by atoms with E-state index in [2.05, 4.69) is 34.1 Å². The van der Waals surface area contributed by atoms with E-state index >= 15 is 0 Å². The fourth-order valence-electron chi connectivity index (χ4n) is 3.05. The zero-order valence-electron chi connectivity index (χ0n) is 14.0. The summed E-state index contributed by atoms with van der Waals surface area (Å²) in [6.45, 7) is 2.21. The Bertz CT molecular complexity index is 891. The molecule has 0 fully saturated rings. The normalized spacial score (nSPS) is 16.2. The lowest BCUT2D eigenvalue weighted by Gasteiger charge is -2.28. The van der Waals surface area contributed by atoms with Gasteiger partial charge in [0, 0.05) is 31.3 Å². The van der Waals surface area contributed by atoms with Gasteiger partial charge in [0.1, 0.15) is 4.88 Å². The van der Waals surface area contributed by atoms with Gasteiger partial charge in [0.2, 0.25) is 0 Å². The van der Waals surface area contributed by atoms with E-state index in [4.69, 9.17) is 0 Å². The first-order valence-corrected chi connectivity index (χ1v) is 9.01. The highest BCUT2D eigenvalue weighted by Gasteiger charge is 2.29. The molecule has 1 N–H and O–H groups in total. The number of rotatable bonds is 1. The molecule has 0 saturated heterocycles. The molecule has 0 unspecified atom stereocenters. The number of nitrogens with one attached hydrogen (secondary N) is 1. The number of nitrogens with zero attached hydrogens (tertiary/aromatic N) is 3. The van der Waals surface area contributed by atoms with Crippen LogP contribution >= 0.6 is 11.3 Å². The number of thiazole rings is 1. The highest BCUT2D eigenvalue weighted by molar-refractivity contribution is 7.14. The molecule has 126 valence electrons. The highest BCUT2D eigenvalue weighted by atomic mass is 32.1. The predicted molar refractivity (Wildman–Crippen MR) is 97.8 cm³/mol. The zero-order chi connectivity index (χ0) is 17.2. The van der Waals surface area contributed by atoms with Crippen molar-refractivity contribution in [3.05, 3.63) is 63.4 Å². The Morgan fingerprint density at radius 1 is 1.28 bits per heavy atom. The van der Waals surface area contributed by atoms with Crippen LogP contribution in [0.25, 0.3) is 0 Å². The van der Waals surface area contributed by atoms with E-state index in [0.29, 0.717) is 16.4 Å². The van der Waals surface area contributed by atoms with E-state index in [9.17, 15) is 4.79 Å². The van der Waals surface area contributed by atoms with Crippen molar-refractivity contribution in [2.75, 3.05) is 26.8 Å². The molecule has 6 heteroatoms. The van der Waals surface area contributed by atoms with Crippen LogP contribution in [0.1, 0.15) is 26.7 Å². The van der Waals surface area contributed by atoms with Crippen molar-refractivity contribution in [3.8, 4) is 11.8 Å². The summed E-state index contributed by atoms with van der Waals surface area (Å²) in [6, 6.07) is 9.78. The molecule has 0 aliphatic carbocycles. The maximum atomic E-state index is 12.7. The molecule has 4 rings (SSSR count). The van der Waals surface area contributed by atoms with Crippen LogP contribution in [0.4, 0.5) is 0 Å². The Balaban J connectivity index is 1.47. The van der Waals surface area contributed by atoms with Gasteiger partial charge in [-0.3, -0.25) is 4.79 Å². The van der Waals surface area contributed by atoms with Crippen LogP contribution in [0.3, 0.4) is 0 Å². The van der Waals surface area contributed by atoms with Crippen LogP contribution in [0.2, 0.25) is 0 Å². The molecule has 2 aromatic rings. The summed E-state index contributed by atoms with van der Waals surface area (Å²) in [6.07, 6.45) is 2.53. The lowest BCUT2D eigenvalue weighted by Crippen LogP contribution is -2.38. The molecule has 1 aromatic carbocycles. The number of carbonyl (C=O) groups is 1. The quantitative estimate of drug-likeness (QED) is 0.800. The molecule has 0 saturated carbocycles. The Kier molecular flexibility index (Phi) is 4.16. The van der Waals surface area contributed by atoms with E-state index in [0.717, 1.165) is 30.9 Å². The molecule has 2 aliphatic rings. The number of hydrogen-bond donors (Lipinski definition) is 1. The largest absolute Gasteiger partial charge is 0.368 e. The first kappa shape index (κ1) is 15.7. The monoisotopic (exact) mass is 350 g/mol. The fraction of sp³-hybridized carbons (Fsp3) is 0.263. The van der Waals surface area contributed by atoms with Crippen molar-refractivity contribution in [1.82, 2.24) is 20.1 Å². The summed E-state index contributed by atoms with van der Waals surface area (Å²) in [4.78, 5) is 21.8. The summed E-state index contributed by atoms with van der Waals surface area (Å²) in [5.41, 5.74) is 3.43. The maximum Gasteiger partial charge on any atom is 0.265 e. The van der Waals surface area contributed by atoms with Crippen molar-refractivity contribution in [3.63, 3.8) is 0 Å². The SMILES string of the molecule is CN1CNC2=C1CCN(C(=O)c1cnc(C#Cc3ccccc3)s1)C2. The number of benzene rings is 1. The topological polar surface area (TPSA) is 48.5 Å². The van der Waals surface area contributed by atoms with Gasteiger partial charge in [-0.15, -0.1) is 11.3 Å². The minimum absolute atomic E-state index is 0.0353. The Morgan fingerprint density at radius 3 is 2.96 bits per heavy atom. The van der Waals surface area contributed by atoms with Crippen LogP contribution in [0, 0.1) is 11.8 Å². The van der Waals surface area contributed by atoms with Crippen molar-refractivity contribution in [1.29, 1.82) is 0 Å². The van der Waals surface area contributed by atoms with Gasteiger partial charge >= 0.3 is 0 Å². The van der Waals surface area contributed by atoms with Crippen molar-refractivity contribution in [2.45, 2.75) is 6.42 Å². The van der Waals surface area contributed by atoms with Gasteiger partial charge in [-0.05, 0) is 18.1 Å². The number of carbonyl (C=O) groups excluding carboxylic acids is 1. The molecular formula is C19H18N4OS. The van der Waals surface area contributed by atoms with Crippen LogP contribution in [-0.2, 0) is 0 Å². The van der Waals surface area contributed by atoms with Crippen molar-refractivity contribution >= 4 is 17.2 Å². The van der Waals surface area contributed by atoms with Crippen LogP contribution in [0.15, 0.2) is 47.9 Å². The maximum absolute atomic E-state index is 12.7. The second-order valence-corrected chi connectivity index (χ2v) is 7.11. The number of hydrogen-bond acceptors (Lipinski definition) is 5. The third-order valence-electron chi connectivity index (χ3n) is 4.40. The Morgan fingerprint density at radius 2 is 2.12 bits per heavy atom. The molecule has 5 nitrogen and oxygen atoms in total. The van der Waals surface area contributed by atoms with Crippen molar-refractivity contribution in [2.24, 2.45) is 0 Å². The average molecular weight is 350 g/mol. The van der Waals surface area contributed by atoms with E-state index in [1.54, 1.807) is 6.20 Å². The van der Waals surface area contributed by atoms with Crippen LogP contribution in [0.5, 0.6) is 0 Å². The number of amides is 1. The second-order valence-electron chi connectivity index (χ2n) is 6.08. The van der Waals surface area contributed by atoms with E-state index in [-0.39, 0.29) is 5.91 Å². The molecule has 2 aliphatic heterocycles. The summed E-state index contributed by atoms with van der Waals surface area (Å²) in [5.74, 6) is 6.15. The van der Waals surface area contributed by atoms with Gasteiger partial charge in [0.05, 0.1) is 25.1 Å². The Labute approximate surface area is 151 Å². The third-order valence-corrected chi connectivity index (χ3v) is 5.30. The molecule has 25 heavy (non-hydrogen) atoms. The highest BCUT2D eigenvalue weighted by Crippen LogP contribution is 2.25. The van der Waals surface area contributed by atoms with Gasteiger partial charge in [-0.1, -0.05) is 24.1 Å². The van der Waals surface area contributed by atoms with E-state index in [1.165, 1.54) is 17.0 Å². The van der Waals surface area contributed by atoms with Gasteiger partial charge in [0.15, 0.2) is 5.01 Å². The molecule has 1 amide bonds. The first-order valence-electron chi connectivity index (χ1n) is 8.20. The molecule has 3 heterocycles.